The smallest absolute Gasteiger partial charge is 0.203 e. The molecule has 1 aliphatic carbocycles. The number of morpholine rings is 1. The van der Waals surface area contributed by atoms with E-state index >= 15 is 0 Å². The summed E-state index contributed by atoms with van der Waals surface area (Å²) in [4.78, 5) is 17.8. The van der Waals surface area contributed by atoms with Gasteiger partial charge in [-0.2, -0.15) is 0 Å². The van der Waals surface area contributed by atoms with Gasteiger partial charge in [0.05, 0.1) is 30.2 Å². The van der Waals surface area contributed by atoms with Gasteiger partial charge in [-0.05, 0) is 68.0 Å². The van der Waals surface area contributed by atoms with Gasteiger partial charge in [0.1, 0.15) is 5.75 Å². The zero-order valence-corrected chi connectivity index (χ0v) is 20.0. The van der Waals surface area contributed by atoms with E-state index in [-0.39, 0.29) is 5.78 Å². The maximum Gasteiger partial charge on any atom is 0.203 e. The van der Waals surface area contributed by atoms with Gasteiger partial charge in [-0.3, -0.25) is 9.69 Å². The summed E-state index contributed by atoms with van der Waals surface area (Å²) >= 11 is 7.89. The normalized spacial score (nSPS) is 21.9. The van der Waals surface area contributed by atoms with E-state index in [1.165, 1.54) is 22.4 Å². The van der Waals surface area contributed by atoms with E-state index in [4.69, 9.17) is 21.1 Å². The van der Waals surface area contributed by atoms with E-state index < -0.39 is 0 Å². The van der Waals surface area contributed by atoms with Crippen LogP contribution in [0, 0.1) is 5.92 Å². The molecule has 0 N–H and O–H groups in total. The van der Waals surface area contributed by atoms with Crippen molar-refractivity contribution in [3.8, 4) is 5.75 Å². The van der Waals surface area contributed by atoms with Crippen LogP contribution < -0.4 is 4.74 Å². The van der Waals surface area contributed by atoms with Crippen molar-refractivity contribution >= 4 is 34.8 Å². The summed E-state index contributed by atoms with van der Waals surface area (Å²) in [5.41, 5.74) is 3.19. The van der Waals surface area contributed by atoms with Crippen LogP contribution in [0.5, 0.6) is 5.75 Å². The third kappa shape index (κ3) is 5.06. The molecule has 2 heterocycles. The first-order chi connectivity index (χ1) is 15.0. The molecule has 2 unspecified atom stereocenters. The zero-order chi connectivity index (χ0) is 22.0. The second kappa shape index (κ2) is 9.86. The SMILES string of the molecule is COc1ccc(C(=O)c2cc3c(s2)C(C)C(CCN2CCOCC2)CC(C)=C3)cc1Cl. The molecule has 1 saturated heterocycles. The minimum absolute atomic E-state index is 0.0192. The largest absolute Gasteiger partial charge is 0.495 e. The van der Waals surface area contributed by atoms with Gasteiger partial charge < -0.3 is 9.47 Å². The van der Waals surface area contributed by atoms with Gasteiger partial charge in [-0.1, -0.05) is 30.2 Å². The number of hydrogen-bond donors (Lipinski definition) is 0. The second-order valence-electron chi connectivity index (χ2n) is 8.59. The highest BCUT2D eigenvalue weighted by molar-refractivity contribution is 7.14. The third-order valence-corrected chi connectivity index (χ3v) is 8.10. The van der Waals surface area contributed by atoms with Crippen LogP contribution in [-0.2, 0) is 4.74 Å². The molecule has 1 aliphatic heterocycles. The van der Waals surface area contributed by atoms with E-state index in [1.54, 1.807) is 36.6 Å². The number of allylic oxidation sites excluding steroid dienone is 1. The Morgan fingerprint density at radius 3 is 2.77 bits per heavy atom. The second-order valence-corrected chi connectivity index (χ2v) is 10.1. The summed E-state index contributed by atoms with van der Waals surface area (Å²) in [5.74, 6) is 1.61. The molecule has 2 aromatic rings. The van der Waals surface area contributed by atoms with Gasteiger partial charge in [0.15, 0.2) is 0 Å². The van der Waals surface area contributed by atoms with Gasteiger partial charge in [-0.25, -0.2) is 0 Å². The van der Waals surface area contributed by atoms with Crippen molar-refractivity contribution in [1.82, 2.24) is 4.90 Å². The molecule has 31 heavy (non-hydrogen) atoms. The van der Waals surface area contributed by atoms with E-state index in [1.807, 2.05) is 0 Å². The van der Waals surface area contributed by atoms with Crippen LogP contribution in [0.4, 0.5) is 0 Å². The molecule has 0 bridgehead atoms. The lowest BCUT2D eigenvalue weighted by molar-refractivity contribution is 0.0349. The predicted octanol–water partition coefficient (Wildman–Crippen LogP) is 5.89. The first-order valence-corrected chi connectivity index (χ1v) is 12.1. The van der Waals surface area contributed by atoms with Gasteiger partial charge >= 0.3 is 0 Å². The Morgan fingerprint density at radius 2 is 2.06 bits per heavy atom. The number of ether oxygens (including phenoxy) is 2. The van der Waals surface area contributed by atoms with Crippen molar-refractivity contribution < 1.29 is 14.3 Å². The van der Waals surface area contributed by atoms with Crippen molar-refractivity contribution in [2.75, 3.05) is 40.0 Å². The Bertz CT molecular complexity index is 977. The number of benzene rings is 1. The number of carbonyl (C=O) groups is 1. The fraction of sp³-hybridized carbons (Fsp3) is 0.480. The number of nitrogens with zero attached hydrogens (tertiary/aromatic N) is 1. The molecule has 1 aromatic carbocycles. The highest BCUT2D eigenvalue weighted by atomic mass is 35.5. The van der Waals surface area contributed by atoms with Crippen molar-refractivity contribution in [3.05, 3.63) is 55.7 Å². The van der Waals surface area contributed by atoms with Crippen LogP contribution in [0.3, 0.4) is 0 Å². The Labute approximate surface area is 193 Å². The average Bonchev–Trinajstić information content (AvgIpc) is 3.15. The molecule has 0 saturated carbocycles. The van der Waals surface area contributed by atoms with Crippen molar-refractivity contribution in [2.24, 2.45) is 5.92 Å². The monoisotopic (exact) mass is 459 g/mol. The molecule has 0 amide bonds. The summed E-state index contributed by atoms with van der Waals surface area (Å²) in [6, 6.07) is 7.30. The standard InChI is InChI=1S/C25H30ClNO3S/c1-16-12-18(6-7-27-8-10-30-11-9-27)17(2)25-20(13-16)15-23(31-25)24(28)19-4-5-22(29-3)21(26)14-19/h4-5,13-15,17-18H,6-12H2,1-3H3. The Balaban J connectivity index is 1.54. The molecule has 4 rings (SSSR count). The first kappa shape index (κ1) is 22.5. The Kier molecular flexibility index (Phi) is 7.17. The molecular weight excluding hydrogens is 430 g/mol. The fourth-order valence-electron chi connectivity index (χ4n) is 4.60. The summed E-state index contributed by atoms with van der Waals surface area (Å²) in [6.07, 6.45) is 4.56. The minimum Gasteiger partial charge on any atom is -0.495 e. The lowest BCUT2D eigenvalue weighted by Crippen LogP contribution is -2.37. The maximum absolute atomic E-state index is 13.2. The van der Waals surface area contributed by atoms with Crippen LogP contribution in [-0.4, -0.2) is 50.6 Å². The van der Waals surface area contributed by atoms with Crippen LogP contribution in [0.1, 0.15) is 58.3 Å². The number of halogens is 1. The predicted molar refractivity (Wildman–Crippen MR) is 128 cm³/mol. The van der Waals surface area contributed by atoms with Crippen molar-refractivity contribution in [1.29, 1.82) is 0 Å². The van der Waals surface area contributed by atoms with Crippen LogP contribution in [0.15, 0.2) is 29.8 Å². The van der Waals surface area contributed by atoms with Gasteiger partial charge in [0.25, 0.3) is 0 Å². The number of carbonyl (C=O) groups excluding carboxylic acids is 1. The highest BCUT2D eigenvalue weighted by Crippen LogP contribution is 2.42. The number of rotatable bonds is 6. The van der Waals surface area contributed by atoms with Crippen LogP contribution in [0.2, 0.25) is 5.02 Å². The maximum atomic E-state index is 13.2. The molecule has 1 aromatic heterocycles. The summed E-state index contributed by atoms with van der Waals surface area (Å²) in [5, 5.41) is 0.457. The summed E-state index contributed by atoms with van der Waals surface area (Å²) in [7, 11) is 1.57. The van der Waals surface area contributed by atoms with Gasteiger partial charge in [0, 0.05) is 23.5 Å². The Morgan fingerprint density at radius 1 is 1.29 bits per heavy atom. The molecule has 2 aliphatic rings. The third-order valence-electron chi connectivity index (χ3n) is 6.46. The van der Waals surface area contributed by atoms with Crippen LogP contribution in [0.25, 0.3) is 6.08 Å². The number of ketones is 1. The fourth-order valence-corrected chi connectivity index (χ4v) is 6.11. The quantitative estimate of drug-likeness (QED) is 0.505. The molecule has 1 fully saturated rings. The molecule has 6 heteroatoms. The minimum atomic E-state index is 0.0192. The Hall–Kier alpha value is -1.66. The number of fused-ring (bicyclic) bond motifs is 1. The molecule has 0 spiro atoms. The first-order valence-electron chi connectivity index (χ1n) is 11.0. The topological polar surface area (TPSA) is 38.8 Å². The summed E-state index contributed by atoms with van der Waals surface area (Å²) in [6.45, 7) is 9.40. The number of hydrogen-bond acceptors (Lipinski definition) is 5. The summed E-state index contributed by atoms with van der Waals surface area (Å²) < 4.78 is 10.7. The number of thiophene rings is 1. The zero-order valence-electron chi connectivity index (χ0n) is 18.4. The van der Waals surface area contributed by atoms with E-state index in [0.717, 1.165) is 44.1 Å². The lowest BCUT2D eigenvalue weighted by Gasteiger charge is -2.30. The van der Waals surface area contributed by atoms with Gasteiger partial charge in [0.2, 0.25) is 5.78 Å². The molecule has 166 valence electrons. The molecule has 0 radical (unpaired) electrons. The van der Waals surface area contributed by atoms with Gasteiger partial charge in [-0.15, -0.1) is 11.3 Å². The van der Waals surface area contributed by atoms with Crippen molar-refractivity contribution in [3.63, 3.8) is 0 Å². The highest BCUT2D eigenvalue weighted by Gasteiger charge is 2.28. The number of methoxy groups -OCH3 is 1. The van der Waals surface area contributed by atoms with Crippen molar-refractivity contribution in [2.45, 2.75) is 32.6 Å². The van der Waals surface area contributed by atoms with E-state index in [2.05, 4.69) is 30.9 Å². The average molecular weight is 460 g/mol. The van der Waals surface area contributed by atoms with Crippen LogP contribution >= 0.6 is 22.9 Å². The molecular formula is C25H30ClNO3S. The lowest BCUT2D eigenvalue weighted by atomic mass is 9.86. The molecule has 2 atom stereocenters. The van der Waals surface area contributed by atoms with E-state index in [9.17, 15) is 4.79 Å². The molecule has 4 nitrogen and oxygen atoms in total. The van der Waals surface area contributed by atoms with E-state index in [0.29, 0.717) is 28.2 Å².